The Morgan fingerprint density at radius 2 is 0.850 bits per heavy atom. The van der Waals surface area contributed by atoms with Crippen LogP contribution in [0, 0.1) is 12.3 Å². The van der Waals surface area contributed by atoms with Crippen LogP contribution in [0.3, 0.4) is 0 Å². The maximum Gasteiger partial charge on any atom is 0.336 e. The second kappa shape index (κ2) is 14.0. The summed E-state index contributed by atoms with van der Waals surface area (Å²) < 4.78 is 0. The van der Waals surface area contributed by atoms with Crippen molar-refractivity contribution in [3.8, 4) is 0 Å². The number of carboxylic acids is 3. The van der Waals surface area contributed by atoms with Crippen molar-refractivity contribution in [1.82, 2.24) is 0 Å². The Labute approximate surface area is 236 Å². The van der Waals surface area contributed by atoms with E-state index in [4.69, 9.17) is 46.0 Å². The van der Waals surface area contributed by atoms with Crippen LogP contribution < -0.4 is 0 Å². The molecule has 3 aliphatic rings. The van der Waals surface area contributed by atoms with Gasteiger partial charge in [-0.2, -0.15) is 0 Å². The van der Waals surface area contributed by atoms with Crippen LogP contribution in [-0.4, -0.2) is 139 Å². The van der Waals surface area contributed by atoms with Crippen molar-refractivity contribution in [1.29, 1.82) is 0 Å². The van der Waals surface area contributed by atoms with Crippen molar-refractivity contribution in [3.63, 3.8) is 0 Å². The fourth-order valence-electron chi connectivity index (χ4n) is 4.00. The van der Waals surface area contributed by atoms with Crippen LogP contribution in [0.5, 0.6) is 0 Å². The van der Waals surface area contributed by atoms with Gasteiger partial charge in [-0.25, -0.2) is 9.59 Å². The summed E-state index contributed by atoms with van der Waals surface area (Å²) in [5, 5.41) is 98.6. The number of rotatable bonds is 3. The third-order valence-electron chi connectivity index (χ3n) is 6.47. The third kappa shape index (κ3) is 8.81. The fraction of sp³-hybridized carbons (Fsp3) is 0.682. The molecule has 0 aromatic rings. The fourth-order valence-corrected chi connectivity index (χ4v) is 4.00. The minimum Gasteiger partial charge on any atom is -0.483 e. The summed E-state index contributed by atoms with van der Waals surface area (Å²) in [6.07, 6.45) is -11.9. The molecule has 0 aromatic heterocycles. The van der Waals surface area contributed by atoms with Gasteiger partial charge in [0.15, 0.2) is 28.6 Å². The Kier molecular flexibility index (Phi) is 13.2. The Hall–Kier alpha value is -2.38. The van der Waals surface area contributed by atoms with Gasteiger partial charge in [0.05, 0.1) is 18.3 Å². The summed E-state index contributed by atoms with van der Waals surface area (Å²) in [5.74, 6) is -6.74. The smallest absolute Gasteiger partial charge is 0.336 e. The van der Waals surface area contributed by atoms with E-state index in [-0.39, 0.29) is 29.9 Å². The number of Topliss-reactive ketones (excluding diaryl/α,β-unsaturated/α-hetero) is 3. The molecule has 3 rings (SSSR count). The second-order valence-electron chi connectivity index (χ2n) is 9.84. The van der Waals surface area contributed by atoms with E-state index in [1.165, 1.54) is 0 Å². The van der Waals surface area contributed by atoms with E-state index in [2.05, 4.69) is 6.92 Å². The SMILES string of the molecule is O=C1CC(O)(C(=O)O)CC(O)C1O.O=C1CC(O)(C(=O)O)CC(O)C1O.[CH2-]C1(C(=O)O)CC(=O)C(O)C(O)C1.[Fe]. The van der Waals surface area contributed by atoms with Crippen molar-refractivity contribution in [3.05, 3.63) is 6.92 Å². The molecular formula is C22H31FeO17-. The van der Waals surface area contributed by atoms with Crippen molar-refractivity contribution in [2.45, 2.75) is 86.4 Å². The van der Waals surface area contributed by atoms with Crippen LogP contribution in [0.1, 0.15) is 38.5 Å². The van der Waals surface area contributed by atoms with Crippen LogP contribution in [0.15, 0.2) is 0 Å². The average Bonchev–Trinajstić information content (AvgIpc) is 2.80. The number of aliphatic hydroxyl groups excluding tert-OH is 6. The molecule has 0 radical (unpaired) electrons. The molecule has 0 amide bonds. The third-order valence-corrected chi connectivity index (χ3v) is 6.47. The first-order chi connectivity index (χ1) is 17.6. The molecule has 0 aromatic carbocycles. The monoisotopic (exact) mass is 623 g/mol. The van der Waals surface area contributed by atoms with E-state index in [1.807, 2.05) is 0 Å². The summed E-state index contributed by atoms with van der Waals surface area (Å²) in [6.45, 7) is 3.37. The first-order valence-corrected chi connectivity index (χ1v) is 11.3. The van der Waals surface area contributed by atoms with Gasteiger partial charge in [0, 0.05) is 42.8 Å². The van der Waals surface area contributed by atoms with E-state index in [0.717, 1.165) is 0 Å². The molecule has 3 fully saturated rings. The molecule has 0 spiro atoms. The molecule has 3 aliphatic carbocycles. The first kappa shape index (κ1) is 37.6. The van der Waals surface area contributed by atoms with Gasteiger partial charge in [0.2, 0.25) is 0 Å². The van der Waals surface area contributed by atoms with Crippen LogP contribution in [0.4, 0.5) is 0 Å². The van der Waals surface area contributed by atoms with E-state index in [0.29, 0.717) is 0 Å². The van der Waals surface area contributed by atoms with Gasteiger partial charge in [0.1, 0.15) is 18.3 Å². The van der Waals surface area contributed by atoms with Crippen LogP contribution in [0.2, 0.25) is 0 Å². The van der Waals surface area contributed by atoms with Crippen molar-refractivity contribution >= 4 is 35.3 Å². The predicted molar refractivity (Wildman–Crippen MR) is 119 cm³/mol. The maximum atomic E-state index is 11.0. The second-order valence-corrected chi connectivity index (χ2v) is 9.84. The normalized spacial score (nSPS) is 39.4. The molecule has 0 saturated heterocycles. The molecular weight excluding hydrogens is 592 g/mol. The van der Waals surface area contributed by atoms with E-state index in [9.17, 15) is 39.0 Å². The molecule has 9 unspecified atom stereocenters. The predicted octanol–water partition coefficient (Wildman–Crippen LogP) is -5.25. The number of aliphatic carboxylic acids is 3. The van der Waals surface area contributed by atoms with Gasteiger partial charge in [0.25, 0.3) is 5.97 Å². The van der Waals surface area contributed by atoms with Gasteiger partial charge in [-0.05, 0) is 18.3 Å². The van der Waals surface area contributed by atoms with Gasteiger partial charge >= 0.3 is 11.9 Å². The number of ketones is 3. The molecule has 0 bridgehead atoms. The molecule has 40 heavy (non-hydrogen) atoms. The first-order valence-electron chi connectivity index (χ1n) is 11.3. The molecule has 230 valence electrons. The molecule has 17 nitrogen and oxygen atoms in total. The van der Waals surface area contributed by atoms with Gasteiger partial charge in [-0.1, -0.05) is 0 Å². The largest absolute Gasteiger partial charge is 0.483 e. The summed E-state index contributed by atoms with van der Waals surface area (Å²) in [5.41, 5.74) is -5.97. The van der Waals surface area contributed by atoms with E-state index in [1.54, 1.807) is 0 Å². The summed E-state index contributed by atoms with van der Waals surface area (Å²) in [7, 11) is 0. The molecule has 0 heterocycles. The number of hydrogen-bond acceptors (Lipinski definition) is 14. The number of hydrogen-bond donors (Lipinski definition) is 11. The average molecular weight is 623 g/mol. The molecule has 3 saturated carbocycles. The summed E-state index contributed by atoms with van der Waals surface area (Å²) >= 11 is 0. The minimum atomic E-state index is -2.24. The van der Waals surface area contributed by atoms with Gasteiger partial charge < -0.3 is 63.1 Å². The minimum absolute atomic E-state index is 0. The standard InChI is InChI=1S/C8H11O5.2C7H10O6.Fe/c1-8(7(12)13)2-4(9)6(11)5(10)3-8;2*8-3-1-7(13,6(11)12)2-4(9)5(3)10;/h4,6,9,11H,1-3H2,(H,12,13);2*3,5,8,10,13H,1-2H2,(H,11,12);/q-1;;;. The van der Waals surface area contributed by atoms with E-state index < -0.39 is 114 Å². The zero-order chi connectivity index (χ0) is 30.7. The van der Waals surface area contributed by atoms with Crippen LogP contribution >= 0.6 is 0 Å². The Balaban J connectivity index is 0.000000563. The van der Waals surface area contributed by atoms with Gasteiger partial charge in [-0.15, -0.1) is 0 Å². The summed E-state index contributed by atoms with van der Waals surface area (Å²) in [4.78, 5) is 64.4. The molecule has 0 aliphatic heterocycles. The number of aliphatic hydroxyl groups is 8. The van der Waals surface area contributed by atoms with Crippen molar-refractivity contribution < 1.29 is 102 Å². The topological polar surface area (TPSA) is 325 Å². The van der Waals surface area contributed by atoms with Crippen LogP contribution in [-0.2, 0) is 45.8 Å². The molecule has 18 heteroatoms. The maximum absolute atomic E-state index is 11.0. The zero-order valence-electron chi connectivity index (χ0n) is 20.6. The number of carboxylic acid groups (broad SMARTS) is 3. The Morgan fingerprint density at radius 3 is 1.07 bits per heavy atom. The number of carbonyl (C=O) groups excluding carboxylic acids is 3. The quantitative estimate of drug-likeness (QED) is 0.103. The molecule has 11 N–H and O–H groups in total. The van der Waals surface area contributed by atoms with Crippen molar-refractivity contribution in [2.24, 2.45) is 5.41 Å². The Bertz CT molecular complexity index is 878. The summed E-state index contributed by atoms with van der Waals surface area (Å²) in [6, 6.07) is 0. The Morgan fingerprint density at radius 1 is 0.575 bits per heavy atom. The number of carbonyl (C=O) groups is 6. The van der Waals surface area contributed by atoms with E-state index >= 15 is 0 Å². The van der Waals surface area contributed by atoms with Crippen LogP contribution in [0.25, 0.3) is 0 Å². The van der Waals surface area contributed by atoms with Crippen molar-refractivity contribution in [2.75, 3.05) is 0 Å². The molecule has 9 atom stereocenters. The van der Waals surface area contributed by atoms with Gasteiger partial charge in [-0.3, -0.25) is 19.2 Å². The zero-order valence-corrected chi connectivity index (χ0v) is 21.7.